The van der Waals surface area contributed by atoms with Gasteiger partial charge in [-0.1, -0.05) is 32.9 Å². The highest BCUT2D eigenvalue weighted by Gasteiger charge is 2.27. The van der Waals surface area contributed by atoms with Crippen LogP contribution in [0.4, 0.5) is 5.82 Å². The van der Waals surface area contributed by atoms with Crippen molar-refractivity contribution in [1.29, 1.82) is 0 Å². The summed E-state index contributed by atoms with van der Waals surface area (Å²) >= 11 is 0. The van der Waals surface area contributed by atoms with Crippen LogP contribution in [-0.2, 0) is 5.41 Å². The van der Waals surface area contributed by atoms with Gasteiger partial charge in [0.2, 0.25) is 0 Å². The van der Waals surface area contributed by atoms with Gasteiger partial charge in [-0.05, 0) is 29.2 Å². The molecule has 2 aromatic carbocycles. The van der Waals surface area contributed by atoms with Gasteiger partial charge in [0, 0.05) is 24.4 Å². The number of aromatic nitrogens is 2. The quantitative estimate of drug-likeness (QED) is 0.616. The highest BCUT2D eigenvalue weighted by atomic mass is 16.5. The largest absolute Gasteiger partial charge is 0.493 e. The molecule has 3 aromatic rings. The van der Waals surface area contributed by atoms with E-state index in [1.54, 1.807) is 20.5 Å². The second kappa shape index (κ2) is 8.01. The molecule has 4 rings (SSSR count). The van der Waals surface area contributed by atoms with Crippen LogP contribution in [-0.4, -0.2) is 43.4 Å². The van der Waals surface area contributed by atoms with Gasteiger partial charge in [-0.3, -0.25) is 0 Å². The van der Waals surface area contributed by atoms with Gasteiger partial charge in [0.05, 0.1) is 26.3 Å². The molecule has 0 spiro atoms. The van der Waals surface area contributed by atoms with E-state index in [4.69, 9.17) is 14.2 Å². The molecule has 0 aliphatic carbocycles. The van der Waals surface area contributed by atoms with Crippen molar-refractivity contribution in [3.05, 3.63) is 48.3 Å². The second-order valence-electron chi connectivity index (χ2n) is 8.67. The lowest BCUT2D eigenvalue weighted by Crippen LogP contribution is -2.25. The fourth-order valence-corrected chi connectivity index (χ4v) is 3.86. The van der Waals surface area contributed by atoms with Crippen molar-refractivity contribution >= 4 is 16.7 Å². The summed E-state index contributed by atoms with van der Waals surface area (Å²) in [4.78, 5) is 11.2. The summed E-state index contributed by atoms with van der Waals surface area (Å²) in [5.41, 5.74) is 2.28. The first kappa shape index (κ1) is 20.3. The van der Waals surface area contributed by atoms with E-state index in [0.29, 0.717) is 11.5 Å². The van der Waals surface area contributed by atoms with Gasteiger partial charge in [0.25, 0.3) is 0 Å². The van der Waals surface area contributed by atoms with Gasteiger partial charge in [0.15, 0.2) is 11.5 Å². The Morgan fingerprint density at radius 3 is 2.33 bits per heavy atom. The molecule has 0 bridgehead atoms. The normalized spacial score (nSPS) is 16.7. The SMILES string of the molecule is COc1cc2ncnc(N3CCC(Oc4ccc(C(C)(C)C)cc4)C3)c2cc1OC. The number of ether oxygens (including phenoxy) is 3. The third kappa shape index (κ3) is 3.99. The van der Waals surface area contributed by atoms with Crippen LogP contribution in [0.2, 0.25) is 0 Å². The van der Waals surface area contributed by atoms with Crippen molar-refractivity contribution < 1.29 is 14.2 Å². The van der Waals surface area contributed by atoms with E-state index in [9.17, 15) is 0 Å². The van der Waals surface area contributed by atoms with Crippen LogP contribution in [0.1, 0.15) is 32.8 Å². The van der Waals surface area contributed by atoms with E-state index in [-0.39, 0.29) is 11.5 Å². The van der Waals surface area contributed by atoms with E-state index in [2.05, 4.69) is 59.9 Å². The van der Waals surface area contributed by atoms with Gasteiger partial charge >= 0.3 is 0 Å². The molecular weight excluding hydrogens is 378 g/mol. The van der Waals surface area contributed by atoms with Crippen LogP contribution < -0.4 is 19.1 Å². The number of fused-ring (bicyclic) bond motifs is 1. The zero-order chi connectivity index (χ0) is 21.3. The van der Waals surface area contributed by atoms with Crippen molar-refractivity contribution in [1.82, 2.24) is 9.97 Å². The molecule has 1 fully saturated rings. The smallest absolute Gasteiger partial charge is 0.162 e. The summed E-state index contributed by atoms with van der Waals surface area (Å²) in [6.07, 6.45) is 2.67. The molecule has 1 saturated heterocycles. The number of hydrogen-bond acceptors (Lipinski definition) is 6. The average Bonchev–Trinajstić information content (AvgIpc) is 3.20. The van der Waals surface area contributed by atoms with E-state index in [0.717, 1.165) is 42.0 Å². The zero-order valence-electron chi connectivity index (χ0n) is 18.3. The summed E-state index contributed by atoms with van der Waals surface area (Å²) in [6.45, 7) is 8.31. The summed E-state index contributed by atoms with van der Waals surface area (Å²) < 4.78 is 17.1. The van der Waals surface area contributed by atoms with Crippen LogP contribution in [0.15, 0.2) is 42.7 Å². The summed E-state index contributed by atoms with van der Waals surface area (Å²) in [7, 11) is 3.26. The molecule has 1 aliphatic rings. The van der Waals surface area contributed by atoms with Gasteiger partial charge in [0.1, 0.15) is 24.0 Å². The number of methoxy groups -OCH3 is 2. The Kier molecular flexibility index (Phi) is 5.41. The number of benzene rings is 2. The minimum Gasteiger partial charge on any atom is -0.493 e. The Bertz CT molecular complexity index is 1030. The van der Waals surface area contributed by atoms with Crippen molar-refractivity contribution in [2.45, 2.75) is 38.7 Å². The lowest BCUT2D eigenvalue weighted by molar-refractivity contribution is 0.225. The molecular formula is C24H29N3O3. The highest BCUT2D eigenvalue weighted by molar-refractivity contribution is 5.92. The van der Waals surface area contributed by atoms with Gasteiger partial charge in [-0.2, -0.15) is 0 Å². The van der Waals surface area contributed by atoms with Gasteiger partial charge in [-0.15, -0.1) is 0 Å². The van der Waals surface area contributed by atoms with Crippen LogP contribution in [0.25, 0.3) is 10.9 Å². The van der Waals surface area contributed by atoms with E-state index < -0.39 is 0 Å². The molecule has 0 radical (unpaired) electrons. The Morgan fingerprint density at radius 1 is 0.967 bits per heavy atom. The monoisotopic (exact) mass is 407 g/mol. The molecule has 158 valence electrons. The van der Waals surface area contributed by atoms with Crippen molar-refractivity contribution in [2.75, 3.05) is 32.2 Å². The Labute approximate surface area is 177 Å². The molecule has 6 nitrogen and oxygen atoms in total. The Hall–Kier alpha value is -3.02. The third-order valence-electron chi connectivity index (χ3n) is 5.59. The lowest BCUT2D eigenvalue weighted by atomic mass is 9.87. The molecule has 30 heavy (non-hydrogen) atoms. The van der Waals surface area contributed by atoms with E-state index in [1.807, 2.05) is 12.1 Å². The van der Waals surface area contributed by atoms with Crippen molar-refractivity contribution in [2.24, 2.45) is 0 Å². The molecule has 0 N–H and O–H groups in total. The number of rotatable bonds is 5. The van der Waals surface area contributed by atoms with Crippen molar-refractivity contribution in [3.8, 4) is 17.2 Å². The maximum absolute atomic E-state index is 6.26. The number of nitrogens with zero attached hydrogens (tertiary/aromatic N) is 3. The standard InChI is InChI=1S/C24H29N3O3/c1-24(2,3)16-6-8-17(9-7-16)30-18-10-11-27(14-18)23-19-12-21(28-4)22(29-5)13-20(19)25-15-26-23/h6-9,12-13,15,18H,10-11,14H2,1-5H3. The molecule has 0 amide bonds. The molecule has 1 aromatic heterocycles. The predicted octanol–water partition coefficient (Wildman–Crippen LogP) is 4.60. The highest BCUT2D eigenvalue weighted by Crippen LogP contribution is 2.36. The number of anilines is 1. The van der Waals surface area contributed by atoms with Crippen LogP contribution in [0.3, 0.4) is 0 Å². The lowest BCUT2D eigenvalue weighted by Gasteiger charge is -2.21. The molecule has 6 heteroatoms. The zero-order valence-corrected chi connectivity index (χ0v) is 18.3. The summed E-state index contributed by atoms with van der Waals surface area (Å²) in [6, 6.07) is 12.3. The maximum atomic E-state index is 6.26. The molecule has 2 heterocycles. The topological polar surface area (TPSA) is 56.7 Å². The maximum Gasteiger partial charge on any atom is 0.162 e. The van der Waals surface area contributed by atoms with Crippen LogP contribution in [0, 0.1) is 0 Å². The first-order valence-corrected chi connectivity index (χ1v) is 10.3. The van der Waals surface area contributed by atoms with Gasteiger partial charge in [-0.25, -0.2) is 9.97 Å². The first-order chi connectivity index (χ1) is 14.4. The summed E-state index contributed by atoms with van der Waals surface area (Å²) in [5.74, 6) is 3.15. The second-order valence-corrected chi connectivity index (χ2v) is 8.67. The minimum absolute atomic E-state index is 0.121. The molecule has 1 unspecified atom stereocenters. The summed E-state index contributed by atoms with van der Waals surface area (Å²) in [5, 5.41) is 0.949. The molecule has 0 saturated carbocycles. The Morgan fingerprint density at radius 2 is 1.67 bits per heavy atom. The first-order valence-electron chi connectivity index (χ1n) is 10.3. The fraction of sp³-hybridized carbons (Fsp3) is 0.417. The van der Waals surface area contributed by atoms with Crippen LogP contribution in [0.5, 0.6) is 17.2 Å². The van der Waals surface area contributed by atoms with Crippen LogP contribution >= 0.6 is 0 Å². The minimum atomic E-state index is 0.121. The molecule has 1 aliphatic heterocycles. The predicted molar refractivity (Wildman–Crippen MR) is 119 cm³/mol. The average molecular weight is 408 g/mol. The van der Waals surface area contributed by atoms with E-state index >= 15 is 0 Å². The van der Waals surface area contributed by atoms with Crippen molar-refractivity contribution in [3.63, 3.8) is 0 Å². The fourth-order valence-electron chi connectivity index (χ4n) is 3.86. The van der Waals surface area contributed by atoms with Gasteiger partial charge < -0.3 is 19.1 Å². The van der Waals surface area contributed by atoms with E-state index in [1.165, 1.54) is 5.56 Å². The third-order valence-corrected chi connectivity index (χ3v) is 5.59. The number of hydrogen-bond donors (Lipinski definition) is 0. The molecule has 1 atom stereocenters. The Balaban J connectivity index is 1.52.